The molecule has 3 aromatic heterocycles. The smallest absolute Gasteiger partial charge is 0.308 e. The van der Waals surface area contributed by atoms with Crippen molar-refractivity contribution in [2.75, 3.05) is 7.11 Å². The molecule has 0 saturated carbocycles. The number of aromatic nitrogens is 4. The molecule has 1 amide bonds. The second kappa shape index (κ2) is 10.8. The van der Waals surface area contributed by atoms with Gasteiger partial charge in [-0.25, -0.2) is 14.1 Å². The Bertz CT molecular complexity index is 1430. The van der Waals surface area contributed by atoms with Crippen LogP contribution in [0.3, 0.4) is 0 Å². The van der Waals surface area contributed by atoms with Crippen LogP contribution in [0.2, 0.25) is 0 Å². The molecule has 36 heavy (non-hydrogen) atoms. The Labute approximate surface area is 205 Å². The number of halogens is 1. The number of nitrogens with zero attached hydrogens (tertiary/aromatic N) is 3. The van der Waals surface area contributed by atoms with Crippen LogP contribution in [-0.2, 0) is 32.3 Å². The van der Waals surface area contributed by atoms with Crippen molar-refractivity contribution in [1.82, 2.24) is 25.1 Å². The minimum atomic E-state index is -0.538. The molecule has 0 radical (unpaired) electrons. The molecule has 4 rings (SSSR count). The van der Waals surface area contributed by atoms with Crippen molar-refractivity contribution in [1.29, 1.82) is 0 Å². The van der Waals surface area contributed by atoms with Crippen LogP contribution in [0.4, 0.5) is 4.39 Å². The van der Waals surface area contributed by atoms with E-state index in [1.165, 1.54) is 17.9 Å². The Morgan fingerprint density at radius 1 is 1.11 bits per heavy atom. The van der Waals surface area contributed by atoms with Crippen molar-refractivity contribution in [3.63, 3.8) is 0 Å². The topological polar surface area (TPSA) is 128 Å². The normalized spacial score (nSPS) is 10.9. The Hall–Kier alpha value is -4.54. The summed E-state index contributed by atoms with van der Waals surface area (Å²) in [5, 5.41) is 7.69. The van der Waals surface area contributed by atoms with E-state index in [1.54, 1.807) is 36.5 Å². The number of hydrogen-bond acceptors (Lipinski definition) is 7. The maximum atomic E-state index is 13.8. The molecular weight excluding hydrogens is 469 g/mol. The predicted octanol–water partition coefficient (Wildman–Crippen LogP) is 3.26. The molecule has 0 aliphatic heterocycles. The van der Waals surface area contributed by atoms with Crippen LogP contribution in [0.5, 0.6) is 0 Å². The van der Waals surface area contributed by atoms with Crippen molar-refractivity contribution in [2.24, 2.45) is 0 Å². The van der Waals surface area contributed by atoms with Crippen molar-refractivity contribution in [2.45, 2.75) is 33.0 Å². The number of hydrogen-bond donors (Lipinski definition) is 2. The molecule has 0 aliphatic carbocycles. The largest absolute Gasteiger partial charge is 0.469 e. The van der Waals surface area contributed by atoms with E-state index in [0.717, 1.165) is 16.6 Å². The summed E-state index contributed by atoms with van der Waals surface area (Å²) in [5.74, 6) is -1.78. The molecule has 0 saturated heterocycles. The molecule has 3 heterocycles. The highest BCUT2D eigenvalue weighted by atomic mass is 19.1. The molecule has 186 valence electrons. The first kappa shape index (κ1) is 24.6. The van der Waals surface area contributed by atoms with Crippen LogP contribution >= 0.6 is 0 Å². The lowest BCUT2D eigenvalue weighted by Gasteiger charge is -2.07. The number of ether oxygens (including phenoxy) is 2. The van der Waals surface area contributed by atoms with Gasteiger partial charge in [-0.2, -0.15) is 5.10 Å². The monoisotopic (exact) mass is 493 g/mol. The van der Waals surface area contributed by atoms with E-state index >= 15 is 0 Å². The van der Waals surface area contributed by atoms with E-state index in [4.69, 9.17) is 4.74 Å². The van der Waals surface area contributed by atoms with E-state index in [-0.39, 0.29) is 37.8 Å². The van der Waals surface area contributed by atoms with Gasteiger partial charge in [-0.15, -0.1) is 0 Å². The van der Waals surface area contributed by atoms with Gasteiger partial charge in [0.2, 0.25) is 0 Å². The Morgan fingerprint density at radius 3 is 2.67 bits per heavy atom. The van der Waals surface area contributed by atoms with E-state index < -0.39 is 11.9 Å². The number of fused-ring (bicyclic) bond motifs is 1. The minimum absolute atomic E-state index is 0.0537. The zero-order chi connectivity index (χ0) is 25.7. The Morgan fingerprint density at radius 2 is 1.89 bits per heavy atom. The number of amides is 1. The molecule has 0 atom stereocenters. The van der Waals surface area contributed by atoms with Gasteiger partial charge in [0, 0.05) is 28.8 Å². The van der Waals surface area contributed by atoms with Gasteiger partial charge >= 0.3 is 11.9 Å². The van der Waals surface area contributed by atoms with Gasteiger partial charge in [0.15, 0.2) is 6.73 Å². The third-order valence-corrected chi connectivity index (χ3v) is 5.61. The van der Waals surface area contributed by atoms with Crippen LogP contribution < -0.4 is 5.32 Å². The highest BCUT2D eigenvalue weighted by Crippen LogP contribution is 2.24. The summed E-state index contributed by atoms with van der Waals surface area (Å²) >= 11 is 0. The fourth-order valence-electron chi connectivity index (χ4n) is 3.53. The fourth-order valence-corrected chi connectivity index (χ4v) is 3.53. The van der Waals surface area contributed by atoms with E-state index in [0.29, 0.717) is 22.6 Å². The average Bonchev–Trinajstić information content (AvgIpc) is 3.48. The first-order valence-corrected chi connectivity index (χ1v) is 11.1. The quantitative estimate of drug-likeness (QED) is 0.343. The Balaban J connectivity index is 1.42. The molecular formula is C25H24FN5O5. The van der Waals surface area contributed by atoms with Crippen LogP contribution in [-0.4, -0.2) is 44.7 Å². The number of aromatic amines is 1. The number of carbonyl (C=O) groups is 3. The summed E-state index contributed by atoms with van der Waals surface area (Å²) < 4.78 is 25.0. The average molecular weight is 493 g/mol. The number of benzene rings is 1. The number of H-pyrrole nitrogens is 1. The summed E-state index contributed by atoms with van der Waals surface area (Å²) in [6.07, 6.45) is 1.47. The molecule has 0 unspecified atom stereocenters. The lowest BCUT2D eigenvalue weighted by molar-refractivity contribution is -0.151. The number of pyridine rings is 1. The minimum Gasteiger partial charge on any atom is -0.469 e. The van der Waals surface area contributed by atoms with Gasteiger partial charge in [-0.3, -0.25) is 14.4 Å². The van der Waals surface area contributed by atoms with Crippen LogP contribution in [0.1, 0.15) is 34.6 Å². The summed E-state index contributed by atoms with van der Waals surface area (Å²) in [7, 11) is 1.25. The maximum Gasteiger partial charge on any atom is 0.308 e. The van der Waals surface area contributed by atoms with Crippen LogP contribution in [0.25, 0.3) is 22.3 Å². The second-order valence-corrected chi connectivity index (χ2v) is 7.96. The van der Waals surface area contributed by atoms with Gasteiger partial charge in [0.1, 0.15) is 17.2 Å². The number of methoxy groups -OCH3 is 1. The zero-order valence-electron chi connectivity index (χ0n) is 19.7. The van der Waals surface area contributed by atoms with Gasteiger partial charge in [0.05, 0.1) is 31.8 Å². The number of carbonyl (C=O) groups excluding carboxylic acids is 3. The van der Waals surface area contributed by atoms with E-state index in [9.17, 15) is 18.8 Å². The van der Waals surface area contributed by atoms with E-state index in [2.05, 4.69) is 25.1 Å². The van der Waals surface area contributed by atoms with Gasteiger partial charge < -0.3 is 19.8 Å². The molecule has 10 nitrogen and oxygen atoms in total. The SMILES string of the molecule is COC(=O)CCC(=O)OCn1ncc(-c2ccc3cc(C(=O)NCc4ccccc4F)[nH]c3n2)c1C. The highest BCUT2D eigenvalue weighted by Gasteiger charge is 2.15. The molecule has 4 aromatic rings. The van der Waals surface area contributed by atoms with Gasteiger partial charge in [-0.05, 0) is 31.2 Å². The number of esters is 2. The summed E-state index contributed by atoms with van der Waals surface area (Å²) in [5.41, 5.74) is 3.26. The summed E-state index contributed by atoms with van der Waals surface area (Å²) in [6.45, 7) is 1.76. The van der Waals surface area contributed by atoms with Crippen LogP contribution in [0.15, 0.2) is 48.7 Å². The van der Waals surface area contributed by atoms with Crippen molar-refractivity contribution in [3.8, 4) is 11.3 Å². The summed E-state index contributed by atoms with van der Waals surface area (Å²) in [6, 6.07) is 11.5. The van der Waals surface area contributed by atoms with Gasteiger partial charge in [-0.1, -0.05) is 18.2 Å². The third-order valence-electron chi connectivity index (χ3n) is 5.61. The molecule has 0 fully saturated rings. The molecule has 0 spiro atoms. The summed E-state index contributed by atoms with van der Waals surface area (Å²) in [4.78, 5) is 43.1. The fraction of sp³-hybridized carbons (Fsp3) is 0.240. The van der Waals surface area contributed by atoms with Crippen molar-refractivity contribution < 1.29 is 28.2 Å². The molecule has 11 heteroatoms. The maximum absolute atomic E-state index is 13.8. The lowest BCUT2D eigenvalue weighted by Crippen LogP contribution is -2.23. The molecule has 1 aromatic carbocycles. The predicted molar refractivity (Wildman–Crippen MR) is 127 cm³/mol. The first-order chi connectivity index (χ1) is 17.4. The molecule has 0 bridgehead atoms. The van der Waals surface area contributed by atoms with E-state index in [1.807, 2.05) is 13.0 Å². The number of nitrogens with one attached hydrogen (secondary N) is 2. The van der Waals surface area contributed by atoms with Crippen molar-refractivity contribution >= 4 is 28.9 Å². The van der Waals surface area contributed by atoms with Crippen molar-refractivity contribution in [3.05, 3.63) is 71.4 Å². The number of rotatable bonds is 9. The second-order valence-electron chi connectivity index (χ2n) is 7.96. The first-order valence-electron chi connectivity index (χ1n) is 11.1. The van der Waals surface area contributed by atoms with Gasteiger partial charge in [0.25, 0.3) is 5.91 Å². The molecule has 2 N–H and O–H groups in total. The zero-order valence-corrected chi connectivity index (χ0v) is 19.7. The van der Waals surface area contributed by atoms with Crippen LogP contribution in [0, 0.1) is 12.7 Å². The highest BCUT2D eigenvalue weighted by molar-refractivity contribution is 5.97. The Kier molecular flexibility index (Phi) is 7.38. The lowest BCUT2D eigenvalue weighted by atomic mass is 10.1. The molecule has 0 aliphatic rings. The third kappa shape index (κ3) is 5.57. The standard InChI is InChI=1S/C25H24FN5O5/c1-15-18(13-28-31(15)14-36-23(33)10-9-22(32)35-2)20-8-7-16-11-21(30-24(16)29-20)25(34)27-12-17-5-3-4-6-19(17)26/h3-8,11,13H,9-10,12,14H2,1-2H3,(H,27,34)(H,29,30).